The zero-order valence-corrected chi connectivity index (χ0v) is 6.66. The summed E-state index contributed by atoms with van der Waals surface area (Å²) in [6, 6.07) is 0. The number of anilines is 1. The second-order valence-electron chi connectivity index (χ2n) is 3.05. The van der Waals surface area contributed by atoms with Crippen molar-refractivity contribution in [2.45, 2.75) is 19.3 Å². The van der Waals surface area contributed by atoms with Gasteiger partial charge in [-0.15, -0.1) is 0 Å². The number of nitrogens with two attached hydrogens (primary N) is 2. The number of rotatable bonds is 2. The van der Waals surface area contributed by atoms with Crippen molar-refractivity contribution >= 4 is 5.95 Å². The Hall–Kier alpha value is -1.10. The first-order chi connectivity index (χ1) is 5.06. The van der Waals surface area contributed by atoms with Gasteiger partial charge < -0.3 is 16.0 Å². The van der Waals surface area contributed by atoms with Crippen LogP contribution in [0, 0.1) is 0 Å². The maximum Gasteiger partial charge on any atom is 0.260 e. The standard InChI is InChI=1S/C6H12N4O/c1-6(2,3-7)4-9-5(8)10-11-4/h3,7H2,1-2H3,(H2,8,10). The van der Waals surface area contributed by atoms with Crippen molar-refractivity contribution in [2.75, 3.05) is 12.3 Å². The second kappa shape index (κ2) is 2.50. The van der Waals surface area contributed by atoms with Gasteiger partial charge in [-0.05, 0) is 19.0 Å². The number of hydrogen-bond donors (Lipinski definition) is 2. The van der Waals surface area contributed by atoms with Crippen molar-refractivity contribution in [3.8, 4) is 0 Å². The second-order valence-corrected chi connectivity index (χ2v) is 3.05. The molecule has 0 radical (unpaired) electrons. The monoisotopic (exact) mass is 156 g/mol. The summed E-state index contributed by atoms with van der Waals surface area (Å²) in [5, 5.41) is 3.47. The molecular weight excluding hydrogens is 144 g/mol. The summed E-state index contributed by atoms with van der Waals surface area (Å²) in [6.07, 6.45) is 0. The fraction of sp³-hybridized carbons (Fsp3) is 0.667. The molecule has 0 unspecified atom stereocenters. The van der Waals surface area contributed by atoms with Crippen LogP contribution >= 0.6 is 0 Å². The van der Waals surface area contributed by atoms with E-state index in [2.05, 4.69) is 10.1 Å². The van der Waals surface area contributed by atoms with Gasteiger partial charge in [0.15, 0.2) is 0 Å². The van der Waals surface area contributed by atoms with E-state index in [9.17, 15) is 0 Å². The first kappa shape index (κ1) is 8.00. The van der Waals surface area contributed by atoms with E-state index in [4.69, 9.17) is 16.0 Å². The average Bonchev–Trinajstić information content (AvgIpc) is 2.36. The van der Waals surface area contributed by atoms with Gasteiger partial charge in [0.05, 0.1) is 5.41 Å². The highest BCUT2D eigenvalue weighted by Crippen LogP contribution is 2.19. The molecule has 5 nitrogen and oxygen atoms in total. The molecule has 0 aromatic carbocycles. The summed E-state index contributed by atoms with van der Waals surface area (Å²) in [5.74, 6) is 0.638. The van der Waals surface area contributed by atoms with Crippen LogP contribution in [0.25, 0.3) is 0 Å². The molecule has 62 valence electrons. The zero-order chi connectivity index (χ0) is 8.48. The van der Waals surface area contributed by atoms with Crippen LogP contribution in [0.15, 0.2) is 4.52 Å². The van der Waals surface area contributed by atoms with E-state index in [0.717, 1.165) is 0 Å². The van der Waals surface area contributed by atoms with E-state index in [1.165, 1.54) is 0 Å². The molecule has 0 aliphatic carbocycles. The average molecular weight is 156 g/mol. The van der Waals surface area contributed by atoms with E-state index in [0.29, 0.717) is 12.4 Å². The first-order valence-electron chi connectivity index (χ1n) is 3.36. The van der Waals surface area contributed by atoms with E-state index < -0.39 is 0 Å². The van der Waals surface area contributed by atoms with Gasteiger partial charge in [-0.25, -0.2) is 0 Å². The molecule has 0 fully saturated rings. The van der Waals surface area contributed by atoms with E-state index in [-0.39, 0.29) is 11.4 Å². The molecule has 4 N–H and O–H groups in total. The molecule has 0 aliphatic heterocycles. The van der Waals surface area contributed by atoms with Crippen LogP contribution in [-0.4, -0.2) is 16.7 Å². The highest BCUT2D eigenvalue weighted by atomic mass is 16.5. The smallest absolute Gasteiger partial charge is 0.260 e. The van der Waals surface area contributed by atoms with Crippen LogP contribution in [0.1, 0.15) is 19.7 Å². The summed E-state index contributed by atoms with van der Waals surface area (Å²) in [4.78, 5) is 3.87. The van der Waals surface area contributed by atoms with Gasteiger partial charge in [0.25, 0.3) is 5.95 Å². The molecule has 0 atom stereocenters. The van der Waals surface area contributed by atoms with Gasteiger partial charge in [-0.2, -0.15) is 4.98 Å². The van der Waals surface area contributed by atoms with Crippen LogP contribution in [-0.2, 0) is 5.41 Å². The quantitative estimate of drug-likeness (QED) is 0.623. The Bertz CT molecular complexity index is 242. The number of nitrogens with zero attached hydrogens (tertiary/aromatic N) is 2. The van der Waals surface area contributed by atoms with Gasteiger partial charge >= 0.3 is 0 Å². The van der Waals surface area contributed by atoms with Gasteiger partial charge in [-0.1, -0.05) is 0 Å². The van der Waals surface area contributed by atoms with Crippen LogP contribution in [0.2, 0.25) is 0 Å². The van der Waals surface area contributed by atoms with Crippen molar-refractivity contribution in [3.05, 3.63) is 5.89 Å². The summed E-state index contributed by atoms with van der Waals surface area (Å²) < 4.78 is 4.85. The summed E-state index contributed by atoms with van der Waals surface area (Å²) >= 11 is 0. The Morgan fingerprint density at radius 2 is 2.18 bits per heavy atom. The number of hydrogen-bond acceptors (Lipinski definition) is 5. The molecule has 1 rings (SSSR count). The normalized spacial score (nSPS) is 11.9. The van der Waals surface area contributed by atoms with Crippen molar-refractivity contribution in [3.63, 3.8) is 0 Å². The Kier molecular flexibility index (Phi) is 1.82. The van der Waals surface area contributed by atoms with Crippen LogP contribution in [0.5, 0.6) is 0 Å². The van der Waals surface area contributed by atoms with Crippen LogP contribution in [0.3, 0.4) is 0 Å². The number of nitrogen functional groups attached to an aromatic ring is 1. The lowest BCUT2D eigenvalue weighted by Crippen LogP contribution is -2.28. The van der Waals surface area contributed by atoms with E-state index in [1.807, 2.05) is 13.8 Å². The molecule has 0 aliphatic rings. The Morgan fingerprint density at radius 1 is 1.55 bits per heavy atom. The van der Waals surface area contributed by atoms with Gasteiger partial charge in [0, 0.05) is 6.54 Å². The third-order valence-electron chi connectivity index (χ3n) is 1.53. The molecule has 1 aromatic heterocycles. The lowest BCUT2D eigenvalue weighted by molar-refractivity contribution is 0.312. The van der Waals surface area contributed by atoms with Crippen molar-refractivity contribution in [1.29, 1.82) is 0 Å². The van der Waals surface area contributed by atoms with Gasteiger partial charge in [-0.3, -0.25) is 0 Å². The molecular formula is C6H12N4O. The largest absolute Gasteiger partial charge is 0.365 e. The fourth-order valence-electron chi connectivity index (χ4n) is 0.597. The van der Waals surface area contributed by atoms with E-state index >= 15 is 0 Å². The third-order valence-corrected chi connectivity index (χ3v) is 1.53. The van der Waals surface area contributed by atoms with Crippen LogP contribution in [0.4, 0.5) is 5.95 Å². The Morgan fingerprint density at radius 3 is 2.55 bits per heavy atom. The van der Waals surface area contributed by atoms with Crippen LogP contribution < -0.4 is 11.5 Å². The lowest BCUT2D eigenvalue weighted by atomic mass is 9.94. The first-order valence-corrected chi connectivity index (χ1v) is 3.36. The zero-order valence-electron chi connectivity index (χ0n) is 6.66. The number of aromatic nitrogens is 2. The van der Waals surface area contributed by atoms with Gasteiger partial charge in [0.1, 0.15) is 0 Å². The summed E-state index contributed by atoms with van der Waals surface area (Å²) in [7, 11) is 0. The maximum absolute atomic E-state index is 5.48. The molecule has 0 saturated carbocycles. The van der Waals surface area contributed by atoms with Gasteiger partial charge in [0.2, 0.25) is 5.89 Å². The van der Waals surface area contributed by atoms with Crippen molar-refractivity contribution in [1.82, 2.24) is 10.1 Å². The maximum atomic E-state index is 5.48. The topological polar surface area (TPSA) is 91.0 Å². The molecule has 1 heterocycles. The Balaban J connectivity index is 2.92. The minimum Gasteiger partial charge on any atom is -0.365 e. The predicted octanol–water partition coefficient (Wildman–Crippen LogP) is -0.112. The summed E-state index contributed by atoms with van der Waals surface area (Å²) in [5.41, 5.74) is 10.5. The molecule has 0 saturated heterocycles. The molecule has 0 amide bonds. The summed E-state index contributed by atoms with van der Waals surface area (Å²) in [6.45, 7) is 4.29. The van der Waals surface area contributed by atoms with Crippen molar-refractivity contribution in [2.24, 2.45) is 5.73 Å². The molecule has 11 heavy (non-hydrogen) atoms. The van der Waals surface area contributed by atoms with Crippen molar-refractivity contribution < 1.29 is 4.52 Å². The minimum absolute atomic E-state index is 0.154. The predicted molar refractivity (Wildman–Crippen MR) is 40.8 cm³/mol. The highest BCUT2D eigenvalue weighted by molar-refractivity contribution is 5.14. The highest BCUT2D eigenvalue weighted by Gasteiger charge is 2.25. The Labute approximate surface area is 64.8 Å². The third kappa shape index (κ3) is 1.48. The molecule has 1 aromatic rings. The lowest BCUT2D eigenvalue weighted by Gasteiger charge is -2.15. The molecule has 5 heteroatoms. The molecule has 0 spiro atoms. The fourth-order valence-corrected chi connectivity index (χ4v) is 0.597. The van der Waals surface area contributed by atoms with E-state index in [1.54, 1.807) is 0 Å². The molecule has 0 bridgehead atoms. The SMILES string of the molecule is CC(C)(CN)c1nc(N)no1. The minimum atomic E-state index is -0.287.